The van der Waals surface area contributed by atoms with Crippen LogP contribution < -0.4 is 4.90 Å². The van der Waals surface area contributed by atoms with Crippen molar-refractivity contribution in [3.63, 3.8) is 0 Å². The molecular formula is C22H21BrN2OS. The van der Waals surface area contributed by atoms with E-state index in [1.54, 1.807) is 11.8 Å². The van der Waals surface area contributed by atoms with Crippen molar-refractivity contribution < 1.29 is 4.79 Å². The first kappa shape index (κ1) is 18.5. The minimum Gasteiger partial charge on any atom is -0.371 e. The van der Waals surface area contributed by atoms with Crippen LogP contribution in [0.4, 0.5) is 5.69 Å². The lowest BCUT2D eigenvalue weighted by molar-refractivity contribution is 0.0900. The van der Waals surface area contributed by atoms with E-state index in [9.17, 15) is 4.79 Å². The number of nitrogens with zero attached hydrogens (tertiary/aromatic N) is 2. The number of thioether (sulfide) groups is 1. The Morgan fingerprint density at radius 3 is 2.74 bits per heavy atom. The zero-order valence-corrected chi connectivity index (χ0v) is 17.6. The fourth-order valence-electron chi connectivity index (χ4n) is 3.77. The highest BCUT2D eigenvalue weighted by atomic mass is 79.9. The van der Waals surface area contributed by atoms with Crippen LogP contribution in [0.15, 0.2) is 64.1 Å². The molecule has 0 amide bonds. The van der Waals surface area contributed by atoms with E-state index in [2.05, 4.69) is 44.0 Å². The Balaban J connectivity index is 1.51. The molecule has 2 aromatic carbocycles. The SMILES string of the molecule is CSc1cccc(C(=O)C2CCN(c3ccnc4ccc(Br)cc34)CC2)c1. The zero-order valence-electron chi connectivity index (χ0n) is 15.2. The number of piperidine rings is 1. The van der Waals surface area contributed by atoms with Crippen molar-refractivity contribution in [2.24, 2.45) is 5.92 Å². The maximum absolute atomic E-state index is 12.9. The lowest BCUT2D eigenvalue weighted by atomic mass is 9.88. The van der Waals surface area contributed by atoms with Gasteiger partial charge in [0.2, 0.25) is 0 Å². The van der Waals surface area contributed by atoms with Crippen LogP contribution in [0.25, 0.3) is 10.9 Å². The Bertz CT molecular complexity index is 983. The molecule has 0 N–H and O–H groups in total. The second-order valence-electron chi connectivity index (χ2n) is 6.85. The van der Waals surface area contributed by atoms with Crippen LogP contribution >= 0.6 is 27.7 Å². The third-order valence-electron chi connectivity index (χ3n) is 5.24. The summed E-state index contributed by atoms with van der Waals surface area (Å²) in [5, 5.41) is 1.16. The largest absolute Gasteiger partial charge is 0.371 e. The lowest BCUT2D eigenvalue weighted by Gasteiger charge is -2.33. The fourth-order valence-corrected chi connectivity index (χ4v) is 4.59. The summed E-state index contributed by atoms with van der Waals surface area (Å²) in [6.07, 6.45) is 5.69. The van der Waals surface area contributed by atoms with Crippen LogP contribution in [-0.4, -0.2) is 30.1 Å². The van der Waals surface area contributed by atoms with Gasteiger partial charge >= 0.3 is 0 Å². The number of halogens is 1. The van der Waals surface area contributed by atoms with E-state index in [4.69, 9.17) is 0 Å². The molecule has 0 bridgehead atoms. The van der Waals surface area contributed by atoms with E-state index < -0.39 is 0 Å². The van der Waals surface area contributed by atoms with Crippen molar-refractivity contribution in [3.05, 3.63) is 64.8 Å². The molecule has 1 fully saturated rings. The predicted molar refractivity (Wildman–Crippen MR) is 117 cm³/mol. The second kappa shape index (κ2) is 8.03. The van der Waals surface area contributed by atoms with Crippen molar-refractivity contribution >= 4 is 50.1 Å². The molecule has 27 heavy (non-hydrogen) atoms. The minimum absolute atomic E-state index is 0.109. The van der Waals surface area contributed by atoms with Crippen molar-refractivity contribution in [2.45, 2.75) is 17.7 Å². The van der Waals surface area contributed by atoms with Crippen LogP contribution in [0.1, 0.15) is 23.2 Å². The van der Waals surface area contributed by atoms with Gasteiger partial charge in [0.1, 0.15) is 0 Å². The number of hydrogen-bond donors (Lipinski definition) is 0. The van der Waals surface area contributed by atoms with Gasteiger partial charge in [-0.25, -0.2) is 0 Å². The number of fused-ring (bicyclic) bond motifs is 1. The summed E-state index contributed by atoms with van der Waals surface area (Å²) in [6, 6.07) is 16.3. The molecule has 1 aliphatic rings. The van der Waals surface area contributed by atoms with Crippen molar-refractivity contribution in [3.8, 4) is 0 Å². The quantitative estimate of drug-likeness (QED) is 0.378. The number of anilines is 1. The van der Waals surface area contributed by atoms with Gasteiger partial charge in [0.05, 0.1) is 5.52 Å². The first-order valence-electron chi connectivity index (χ1n) is 9.13. The van der Waals surface area contributed by atoms with E-state index in [0.29, 0.717) is 0 Å². The van der Waals surface area contributed by atoms with Crippen molar-refractivity contribution in [1.29, 1.82) is 0 Å². The van der Waals surface area contributed by atoms with E-state index in [0.717, 1.165) is 51.8 Å². The average molecular weight is 441 g/mol. The number of pyridine rings is 1. The molecule has 0 atom stereocenters. The highest BCUT2D eigenvalue weighted by molar-refractivity contribution is 9.10. The Labute approximate surface area is 172 Å². The molecule has 0 radical (unpaired) electrons. The molecular weight excluding hydrogens is 420 g/mol. The number of carbonyl (C=O) groups is 1. The highest BCUT2D eigenvalue weighted by Crippen LogP contribution is 2.32. The normalized spacial score (nSPS) is 15.3. The number of benzene rings is 2. The third-order valence-corrected chi connectivity index (χ3v) is 6.46. The van der Waals surface area contributed by atoms with Crippen molar-refractivity contribution in [2.75, 3.05) is 24.2 Å². The highest BCUT2D eigenvalue weighted by Gasteiger charge is 2.26. The van der Waals surface area contributed by atoms with Crippen LogP contribution in [0.3, 0.4) is 0 Å². The van der Waals surface area contributed by atoms with Gasteiger partial charge in [0.25, 0.3) is 0 Å². The molecule has 0 unspecified atom stereocenters. The van der Waals surface area contributed by atoms with Crippen LogP contribution in [0.5, 0.6) is 0 Å². The van der Waals surface area contributed by atoms with Gasteiger partial charge in [-0.05, 0) is 55.5 Å². The number of hydrogen-bond acceptors (Lipinski definition) is 4. The summed E-state index contributed by atoms with van der Waals surface area (Å²) >= 11 is 5.24. The summed E-state index contributed by atoms with van der Waals surface area (Å²) in [5.41, 5.74) is 3.05. The van der Waals surface area contributed by atoms with E-state index in [1.807, 2.05) is 42.8 Å². The van der Waals surface area contributed by atoms with Crippen LogP contribution in [-0.2, 0) is 0 Å². The summed E-state index contributed by atoms with van der Waals surface area (Å²) in [4.78, 5) is 20.9. The summed E-state index contributed by atoms with van der Waals surface area (Å²) in [5.74, 6) is 0.395. The topological polar surface area (TPSA) is 33.2 Å². The predicted octanol–water partition coefficient (Wildman–Crippen LogP) is 5.82. The molecule has 5 heteroatoms. The van der Waals surface area contributed by atoms with Gasteiger partial charge in [-0.3, -0.25) is 9.78 Å². The molecule has 0 saturated carbocycles. The Hall–Kier alpha value is -1.85. The summed E-state index contributed by atoms with van der Waals surface area (Å²) < 4.78 is 1.06. The Morgan fingerprint density at radius 1 is 1.15 bits per heavy atom. The molecule has 0 aliphatic carbocycles. The third kappa shape index (κ3) is 3.90. The molecule has 1 aromatic heterocycles. The first-order valence-corrected chi connectivity index (χ1v) is 11.1. The monoisotopic (exact) mass is 440 g/mol. The minimum atomic E-state index is 0.109. The Kier molecular flexibility index (Phi) is 5.50. The maximum Gasteiger partial charge on any atom is 0.166 e. The molecule has 1 saturated heterocycles. The zero-order chi connectivity index (χ0) is 18.8. The Morgan fingerprint density at radius 2 is 1.96 bits per heavy atom. The molecule has 1 aliphatic heterocycles. The van der Waals surface area contributed by atoms with Gasteiger partial charge in [0, 0.05) is 51.2 Å². The van der Waals surface area contributed by atoms with Crippen LogP contribution in [0.2, 0.25) is 0 Å². The van der Waals surface area contributed by atoms with E-state index in [1.165, 1.54) is 5.69 Å². The van der Waals surface area contributed by atoms with Gasteiger partial charge in [0.15, 0.2) is 5.78 Å². The van der Waals surface area contributed by atoms with Gasteiger partial charge in [-0.1, -0.05) is 28.1 Å². The van der Waals surface area contributed by atoms with Gasteiger partial charge in [-0.15, -0.1) is 11.8 Å². The van der Waals surface area contributed by atoms with Gasteiger partial charge < -0.3 is 4.90 Å². The lowest BCUT2D eigenvalue weighted by Crippen LogP contribution is -2.36. The fraction of sp³-hybridized carbons (Fsp3) is 0.273. The smallest absolute Gasteiger partial charge is 0.166 e. The summed E-state index contributed by atoms with van der Waals surface area (Å²) in [6.45, 7) is 1.79. The number of Topliss-reactive ketones (excluding diaryl/α,β-unsaturated/α-hetero) is 1. The molecule has 2 heterocycles. The number of carbonyl (C=O) groups excluding carboxylic acids is 1. The standard InChI is InChI=1S/C22H21BrN2OS/c1-27-18-4-2-3-16(13-18)22(26)15-8-11-25(12-9-15)21-7-10-24-20-6-5-17(23)14-19(20)21/h2-7,10,13-15H,8-9,11-12H2,1H3. The molecule has 3 nitrogen and oxygen atoms in total. The van der Waals surface area contributed by atoms with Crippen molar-refractivity contribution in [1.82, 2.24) is 4.98 Å². The number of rotatable bonds is 4. The molecule has 3 aromatic rings. The van der Waals surface area contributed by atoms with Gasteiger partial charge in [-0.2, -0.15) is 0 Å². The summed E-state index contributed by atoms with van der Waals surface area (Å²) in [7, 11) is 0. The number of aromatic nitrogens is 1. The molecule has 0 spiro atoms. The number of ketones is 1. The second-order valence-corrected chi connectivity index (χ2v) is 8.64. The van der Waals surface area contributed by atoms with E-state index in [-0.39, 0.29) is 11.7 Å². The maximum atomic E-state index is 12.9. The van der Waals surface area contributed by atoms with Crippen LogP contribution in [0, 0.1) is 5.92 Å². The average Bonchev–Trinajstić information content (AvgIpc) is 2.73. The molecule has 4 rings (SSSR count). The first-order chi connectivity index (χ1) is 13.2. The molecule has 138 valence electrons. The van der Waals surface area contributed by atoms with E-state index >= 15 is 0 Å².